The van der Waals surface area contributed by atoms with Crippen LogP contribution in [0.1, 0.15) is 32.4 Å². The lowest BCUT2D eigenvalue weighted by Gasteiger charge is -2.36. The molecule has 0 spiro atoms. The van der Waals surface area contributed by atoms with Gasteiger partial charge in [0, 0.05) is 40.5 Å². The first kappa shape index (κ1) is 24.9. The van der Waals surface area contributed by atoms with Gasteiger partial charge >= 0.3 is 0 Å². The summed E-state index contributed by atoms with van der Waals surface area (Å²) in [6.45, 7) is 4.32. The van der Waals surface area contributed by atoms with E-state index in [4.69, 9.17) is 0 Å². The van der Waals surface area contributed by atoms with Crippen molar-refractivity contribution >= 4 is 63.2 Å². The highest BCUT2D eigenvalue weighted by molar-refractivity contribution is 8.46. The van der Waals surface area contributed by atoms with Gasteiger partial charge in [0.2, 0.25) is 0 Å². The molecular weight excluding hydrogens is 478 g/mol. The molecule has 6 nitrogen and oxygen atoms in total. The molecule has 0 saturated carbocycles. The van der Waals surface area contributed by atoms with Crippen LogP contribution in [0.5, 0.6) is 0 Å². The maximum absolute atomic E-state index is 9.62. The molecule has 0 N–H and O–H groups in total. The second kappa shape index (κ2) is 13.2. The highest BCUT2D eigenvalue weighted by Gasteiger charge is 2.38. The molecule has 0 aromatic carbocycles. The molecule has 8 unspecified atom stereocenters. The Hall–Kier alpha value is -0.340. The molecule has 29 heavy (non-hydrogen) atoms. The quantitative estimate of drug-likeness (QED) is 0.288. The molecule has 0 aliphatic carbocycles. The van der Waals surface area contributed by atoms with Crippen LogP contribution in [-0.2, 0) is 0 Å². The minimum absolute atomic E-state index is 0.0133. The van der Waals surface area contributed by atoms with Crippen molar-refractivity contribution in [1.82, 2.24) is 19.1 Å². The number of hydrogen-bond acceptors (Lipinski definition) is 8. The average Bonchev–Trinajstić information content (AvgIpc) is 3.44. The summed E-state index contributed by atoms with van der Waals surface area (Å²) in [5.41, 5.74) is 0. The molecule has 2 aromatic heterocycles. The molecule has 0 saturated heterocycles. The van der Waals surface area contributed by atoms with E-state index in [1.165, 1.54) is 23.5 Å². The standard InChI is InChI=1S/C17H24N6P2S4/c1-12(22-5-3-20-10-22)16(23-6-4-21-11-23)17(27-9-19)15(26-8-18)7-14(29-25)13(2)28-24/h3-6,10-17H,7,24-25H2,1-2H3. The number of imidazole rings is 2. The molecule has 0 aliphatic rings. The largest absolute Gasteiger partial charge is 0.333 e. The fourth-order valence-corrected chi connectivity index (χ4v) is 8.83. The molecule has 0 bridgehead atoms. The summed E-state index contributed by atoms with van der Waals surface area (Å²) in [5.74, 6) is 0. The molecule has 2 rings (SSSR count). The molecular formula is C17H24N6P2S4. The summed E-state index contributed by atoms with van der Waals surface area (Å²) < 4.78 is 4.11. The first-order valence-corrected chi connectivity index (χ1v) is 15.3. The van der Waals surface area contributed by atoms with E-state index in [9.17, 15) is 10.5 Å². The van der Waals surface area contributed by atoms with Crippen LogP contribution in [0.3, 0.4) is 0 Å². The third-order valence-electron chi connectivity index (χ3n) is 4.83. The summed E-state index contributed by atoms with van der Waals surface area (Å²) in [7, 11) is 5.49. The number of hydrogen-bond donors (Lipinski definition) is 0. The van der Waals surface area contributed by atoms with E-state index in [2.05, 4.69) is 56.1 Å². The predicted molar refractivity (Wildman–Crippen MR) is 135 cm³/mol. The maximum atomic E-state index is 9.62. The van der Waals surface area contributed by atoms with Crippen LogP contribution in [-0.4, -0.2) is 40.1 Å². The summed E-state index contributed by atoms with van der Waals surface area (Å²) in [5, 5.41) is 24.4. The highest BCUT2D eigenvalue weighted by Crippen LogP contribution is 2.43. The van der Waals surface area contributed by atoms with Gasteiger partial charge in [0.1, 0.15) is 10.8 Å². The van der Waals surface area contributed by atoms with Gasteiger partial charge in [-0.15, -0.1) is 22.8 Å². The van der Waals surface area contributed by atoms with Crippen LogP contribution in [0.15, 0.2) is 37.4 Å². The van der Waals surface area contributed by atoms with E-state index in [1.807, 2.05) is 17.0 Å². The van der Waals surface area contributed by atoms with Crippen LogP contribution in [0.4, 0.5) is 0 Å². The fourth-order valence-electron chi connectivity index (χ4n) is 3.24. The summed E-state index contributed by atoms with van der Waals surface area (Å²) in [4.78, 5) is 8.42. The number of nitriles is 2. The Balaban J connectivity index is 2.43. The highest BCUT2D eigenvalue weighted by atomic mass is 32.7. The Bertz CT molecular complexity index is 792. The van der Waals surface area contributed by atoms with Gasteiger partial charge in [0.25, 0.3) is 0 Å². The van der Waals surface area contributed by atoms with Gasteiger partial charge in [-0.1, -0.05) is 23.8 Å². The zero-order chi connectivity index (χ0) is 21.2. The molecule has 0 fully saturated rings. The normalized spacial score (nSPS) is 17.4. The zero-order valence-electron chi connectivity index (χ0n) is 16.1. The van der Waals surface area contributed by atoms with Crippen LogP contribution >= 0.6 is 63.2 Å². The second-order valence-corrected chi connectivity index (χ2v) is 11.9. The van der Waals surface area contributed by atoms with Crippen molar-refractivity contribution in [3.8, 4) is 10.8 Å². The van der Waals surface area contributed by atoms with Gasteiger partial charge in [0.05, 0.1) is 30.0 Å². The molecule has 12 heteroatoms. The van der Waals surface area contributed by atoms with Crippen LogP contribution in [0.25, 0.3) is 0 Å². The van der Waals surface area contributed by atoms with E-state index >= 15 is 0 Å². The number of aromatic nitrogens is 4. The van der Waals surface area contributed by atoms with Crippen LogP contribution in [0.2, 0.25) is 0 Å². The Morgan fingerprint density at radius 2 is 1.55 bits per heavy atom. The molecule has 0 amide bonds. The fraction of sp³-hybridized carbons (Fsp3) is 0.529. The molecule has 156 valence electrons. The monoisotopic (exact) mass is 502 g/mol. The van der Waals surface area contributed by atoms with Crippen molar-refractivity contribution < 1.29 is 0 Å². The Morgan fingerprint density at radius 1 is 0.931 bits per heavy atom. The van der Waals surface area contributed by atoms with Crippen molar-refractivity contribution in [2.24, 2.45) is 0 Å². The minimum atomic E-state index is -0.0994. The third-order valence-corrected chi connectivity index (χ3v) is 11.1. The van der Waals surface area contributed by atoms with E-state index in [-0.39, 0.29) is 22.6 Å². The molecule has 8 atom stereocenters. The Labute approximate surface area is 193 Å². The predicted octanol–water partition coefficient (Wildman–Crippen LogP) is 5.24. The second-order valence-electron chi connectivity index (χ2n) is 6.42. The van der Waals surface area contributed by atoms with Crippen molar-refractivity contribution in [1.29, 1.82) is 10.5 Å². The lowest BCUT2D eigenvalue weighted by molar-refractivity contribution is 0.330. The minimum Gasteiger partial charge on any atom is -0.333 e. The Kier molecular flexibility index (Phi) is 11.3. The van der Waals surface area contributed by atoms with Crippen molar-refractivity contribution in [2.75, 3.05) is 0 Å². The summed E-state index contributed by atoms with van der Waals surface area (Å²) >= 11 is 6.01. The van der Waals surface area contributed by atoms with Gasteiger partial charge in [-0.25, -0.2) is 9.97 Å². The first-order chi connectivity index (χ1) is 14.1. The lowest BCUT2D eigenvalue weighted by Crippen LogP contribution is -2.37. The van der Waals surface area contributed by atoms with E-state index < -0.39 is 0 Å². The van der Waals surface area contributed by atoms with Gasteiger partial charge in [-0.2, -0.15) is 10.5 Å². The van der Waals surface area contributed by atoms with Gasteiger partial charge < -0.3 is 9.13 Å². The lowest BCUT2D eigenvalue weighted by atomic mass is 9.99. The topological polar surface area (TPSA) is 83.2 Å². The van der Waals surface area contributed by atoms with Gasteiger partial charge in [-0.3, -0.25) is 0 Å². The molecule has 2 heterocycles. The number of nitrogens with zero attached hydrogens (tertiary/aromatic N) is 6. The molecule has 0 aliphatic heterocycles. The number of rotatable bonds is 12. The average molecular weight is 503 g/mol. The van der Waals surface area contributed by atoms with Crippen LogP contribution < -0.4 is 0 Å². The summed E-state index contributed by atoms with van der Waals surface area (Å²) in [6, 6.07) is -0.0219. The van der Waals surface area contributed by atoms with Gasteiger partial charge in [0.15, 0.2) is 0 Å². The molecule has 0 radical (unpaired) electrons. The SMILES string of the molecule is CC(SP)C(CC(SC#N)C(SC#N)C(C(C)n1ccnc1)n1ccnc1)SP. The molecule has 2 aromatic rings. The van der Waals surface area contributed by atoms with Crippen molar-refractivity contribution in [2.45, 2.75) is 53.4 Å². The smallest absolute Gasteiger partial charge is 0.133 e. The number of thiocyanates is 2. The van der Waals surface area contributed by atoms with Crippen molar-refractivity contribution in [3.05, 3.63) is 37.4 Å². The number of thioether (sulfide) groups is 2. The van der Waals surface area contributed by atoms with E-state index in [1.54, 1.807) is 47.8 Å². The first-order valence-electron chi connectivity index (χ1n) is 8.82. The maximum Gasteiger partial charge on any atom is 0.133 e. The van der Waals surface area contributed by atoms with Crippen molar-refractivity contribution in [3.63, 3.8) is 0 Å². The third kappa shape index (κ3) is 6.82. The summed E-state index contributed by atoms with van der Waals surface area (Å²) in [6.07, 6.45) is 11.8. The van der Waals surface area contributed by atoms with Gasteiger partial charge in [-0.05, 0) is 36.9 Å². The van der Waals surface area contributed by atoms with E-state index in [0.717, 1.165) is 6.42 Å². The van der Waals surface area contributed by atoms with Crippen LogP contribution in [0, 0.1) is 21.3 Å². The zero-order valence-corrected chi connectivity index (χ0v) is 21.7. The Morgan fingerprint density at radius 3 is 2.03 bits per heavy atom. The van der Waals surface area contributed by atoms with E-state index in [0.29, 0.717) is 10.5 Å².